The molecule has 1 aromatic carbocycles. The van der Waals surface area contributed by atoms with Crippen molar-refractivity contribution in [3.8, 4) is 0 Å². The molecule has 2 unspecified atom stereocenters. The molecule has 0 saturated carbocycles. The first-order valence-corrected chi connectivity index (χ1v) is 11.1. The van der Waals surface area contributed by atoms with Crippen molar-refractivity contribution >= 4 is 37.9 Å². The zero-order chi connectivity index (χ0) is 20.9. The fourth-order valence-electron chi connectivity index (χ4n) is 3.01. The van der Waals surface area contributed by atoms with Gasteiger partial charge in [-0.3, -0.25) is 0 Å². The van der Waals surface area contributed by atoms with E-state index in [-0.39, 0.29) is 20.3 Å². The first-order chi connectivity index (χ1) is 12.9. The first kappa shape index (κ1) is 21.4. The summed E-state index contributed by atoms with van der Waals surface area (Å²) in [7, 11) is -4.06. The van der Waals surface area contributed by atoms with Gasteiger partial charge in [0.25, 0.3) is 0 Å². The maximum atomic E-state index is 13.0. The van der Waals surface area contributed by atoms with Crippen LogP contribution in [0.15, 0.2) is 33.4 Å². The van der Waals surface area contributed by atoms with Crippen LogP contribution in [0, 0.1) is 0 Å². The van der Waals surface area contributed by atoms with E-state index in [9.17, 15) is 26.7 Å². The number of aliphatic hydroxyl groups is 1. The molecule has 1 aromatic heterocycles. The number of nitrogens with zero attached hydrogens (tertiary/aromatic N) is 2. The number of anilines is 1. The monoisotopic (exact) mass is 454 g/mol. The van der Waals surface area contributed by atoms with Crippen LogP contribution >= 0.6 is 22.9 Å². The second-order valence-corrected chi connectivity index (χ2v) is 10.3. The van der Waals surface area contributed by atoms with Gasteiger partial charge in [0.15, 0.2) is 20.1 Å². The molecule has 2 aromatic rings. The quantitative estimate of drug-likeness (QED) is 0.742. The number of aromatic nitrogens is 1. The largest absolute Gasteiger partial charge is 0.421 e. The average Bonchev–Trinajstić information content (AvgIpc) is 3.19. The number of halogens is 4. The van der Waals surface area contributed by atoms with E-state index in [1.54, 1.807) is 0 Å². The zero-order valence-electron chi connectivity index (χ0n) is 15.0. The maximum Gasteiger partial charge on any atom is 0.421 e. The molecule has 1 N–H and O–H groups in total. The van der Waals surface area contributed by atoms with Gasteiger partial charge in [0.05, 0.1) is 4.90 Å². The minimum Gasteiger partial charge on any atom is -0.376 e. The third-order valence-electron chi connectivity index (χ3n) is 4.87. The Morgan fingerprint density at radius 1 is 1.29 bits per heavy atom. The smallest absolute Gasteiger partial charge is 0.376 e. The minimum absolute atomic E-state index is 0.154. The first-order valence-electron chi connectivity index (χ1n) is 8.43. The number of sulfone groups is 1. The van der Waals surface area contributed by atoms with Crippen LogP contribution in [-0.2, 0) is 15.4 Å². The highest BCUT2D eigenvalue weighted by atomic mass is 35.5. The van der Waals surface area contributed by atoms with E-state index in [1.807, 2.05) is 11.8 Å². The number of hydrogen-bond donors (Lipinski definition) is 1. The van der Waals surface area contributed by atoms with Crippen LogP contribution in [0.25, 0.3) is 0 Å². The predicted octanol–water partition coefficient (Wildman–Crippen LogP) is 4.39. The Labute approximate surface area is 169 Å². The SMILES string of the molecule is CC1CCCN1c1nc(Cl)c(S(=O)(=O)c2ccc(C(C)(O)C(F)(F)F)cc2)s1. The fraction of sp³-hybridized carbons (Fsp3) is 0.471. The van der Waals surface area contributed by atoms with Crippen molar-refractivity contribution in [3.05, 3.63) is 35.0 Å². The molecule has 0 amide bonds. The van der Waals surface area contributed by atoms with Crippen LogP contribution in [-0.4, -0.2) is 37.3 Å². The topological polar surface area (TPSA) is 70.5 Å². The third kappa shape index (κ3) is 3.62. The summed E-state index contributed by atoms with van der Waals surface area (Å²) < 4.78 is 64.5. The molecule has 0 spiro atoms. The Kier molecular flexibility index (Phi) is 5.46. The van der Waals surface area contributed by atoms with Gasteiger partial charge in [0.1, 0.15) is 0 Å². The van der Waals surface area contributed by atoms with Gasteiger partial charge in [-0.15, -0.1) is 0 Å². The van der Waals surface area contributed by atoms with Crippen LogP contribution in [0.4, 0.5) is 18.3 Å². The molecular formula is C17H18ClF3N2O3S2. The van der Waals surface area contributed by atoms with Crippen LogP contribution in [0.5, 0.6) is 0 Å². The molecule has 1 saturated heterocycles. The standard InChI is InChI=1S/C17H18ClF3N2O3S2/c1-10-4-3-9-23(10)15-22-13(18)14(27-15)28(25,26)12-7-5-11(6-8-12)16(2,24)17(19,20)21/h5-8,10,24H,3-4,9H2,1-2H3. The maximum absolute atomic E-state index is 13.0. The lowest BCUT2D eigenvalue weighted by Crippen LogP contribution is -2.39. The predicted molar refractivity (Wildman–Crippen MR) is 101 cm³/mol. The molecule has 2 atom stereocenters. The summed E-state index contributed by atoms with van der Waals surface area (Å²) in [4.78, 5) is 5.93. The van der Waals surface area contributed by atoms with E-state index in [4.69, 9.17) is 11.6 Å². The Balaban J connectivity index is 1.95. The van der Waals surface area contributed by atoms with Crippen LogP contribution in [0.3, 0.4) is 0 Å². The summed E-state index contributed by atoms with van der Waals surface area (Å²) >= 11 is 7.02. The lowest BCUT2D eigenvalue weighted by Gasteiger charge is -2.26. The van der Waals surface area contributed by atoms with Gasteiger partial charge in [-0.05, 0) is 44.4 Å². The lowest BCUT2D eigenvalue weighted by molar-refractivity contribution is -0.258. The van der Waals surface area contributed by atoms with Gasteiger partial charge in [0, 0.05) is 12.6 Å². The van der Waals surface area contributed by atoms with Crippen molar-refractivity contribution in [1.82, 2.24) is 4.98 Å². The van der Waals surface area contributed by atoms with Gasteiger partial charge in [-0.1, -0.05) is 35.1 Å². The number of hydrogen-bond acceptors (Lipinski definition) is 6. The molecule has 11 heteroatoms. The zero-order valence-corrected chi connectivity index (χ0v) is 17.4. The van der Waals surface area contributed by atoms with E-state index in [0.717, 1.165) is 55.0 Å². The van der Waals surface area contributed by atoms with Gasteiger partial charge < -0.3 is 10.0 Å². The molecule has 0 radical (unpaired) electrons. The van der Waals surface area contributed by atoms with Crippen molar-refractivity contribution in [2.75, 3.05) is 11.4 Å². The van der Waals surface area contributed by atoms with Gasteiger partial charge in [0.2, 0.25) is 9.84 Å². The highest BCUT2D eigenvalue weighted by Gasteiger charge is 2.51. The number of thiazole rings is 1. The molecule has 1 fully saturated rings. The third-order valence-corrected chi connectivity index (χ3v) is 8.73. The molecule has 0 aliphatic carbocycles. The van der Waals surface area contributed by atoms with Crippen LogP contribution in [0.1, 0.15) is 32.3 Å². The Hall–Kier alpha value is -1.36. The fourth-order valence-corrected chi connectivity index (χ4v) is 6.31. The lowest BCUT2D eigenvalue weighted by atomic mass is 9.96. The highest BCUT2D eigenvalue weighted by Crippen LogP contribution is 2.41. The van der Waals surface area contributed by atoms with E-state index in [1.165, 1.54) is 0 Å². The summed E-state index contributed by atoms with van der Waals surface area (Å²) in [6.07, 6.45) is -2.95. The molecule has 1 aliphatic heterocycles. The van der Waals surface area contributed by atoms with Crippen molar-refractivity contribution in [2.45, 2.75) is 53.6 Å². The Morgan fingerprint density at radius 3 is 2.39 bits per heavy atom. The van der Waals surface area contributed by atoms with Gasteiger partial charge in [-0.2, -0.15) is 13.2 Å². The van der Waals surface area contributed by atoms with Crippen molar-refractivity contribution in [3.63, 3.8) is 0 Å². The number of benzene rings is 1. The molecule has 2 heterocycles. The second kappa shape index (κ2) is 7.16. The average molecular weight is 455 g/mol. The Bertz CT molecular complexity index is 973. The summed E-state index contributed by atoms with van der Waals surface area (Å²) in [6, 6.07) is 4.16. The van der Waals surface area contributed by atoms with Gasteiger partial charge in [-0.25, -0.2) is 13.4 Å². The second-order valence-electron chi connectivity index (χ2n) is 6.86. The van der Waals surface area contributed by atoms with Gasteiger partial charge >= 0.3 is 6.18 Å². The molecular weight excluding hydrogens is 437 g/mol. The summed E-state index contributed by atoms with van der Waals surface area (Å²) in [5.74, 6) is 0. The summed E-state index contributed by atoms with van der Waals surface area (Å²) in [5, 5.41) is 10.1. The summed E-state index contributed by atoms with van der Waals surface area (Å²) in [6.45, 7) is 3.38. The van der Waals surface area contributed by atoms with Crippen molar-refractivity contribution < 1.29 is 26.7 Å². The number of alkyl halides is 3. The van der Waals surface area contributed by atoms with E-state index >= 15 is 0 Å². The van der Waals surface area contributed by atoms with Crippen LogP contribution in [0.2, 0.25) is 5.15 Å². The molecule has 3 rings (SSSR count). The highest BCUT2D eigenvalue weighted by molar-refractivity contribution is 7.93. The van der Waals surface area contributed by atoms with E-state index < -0.39 is 27.2 Å². The summed E-state index contributed by atoms with van der Waals surface area (Å²) in [5.41, 5.74) is -3.54. The van der Waals surface area contributed by atoms with Crippen molar-refractivity contribution in [2.24, 2.45) is 0 Å². The molecule has 28 heavy (non-hydrogen) atoms. The molecule has 0 bridgehead atoms. The van der Waals surface area contributed by atoms with Crippen LogP contribution < -0.4 is 4.90 Å². The molecule has 5 nitrogen and oxygen atoms in total. The van der Waals surface area contributed by atoms with Crippen molar-refractivity contribution in [1.29, 1.82) is 0 Å². The molecule has 1 aliphatic rings. The minimum atomic E-state index is -4.89. The van der Waals surface area contributed by atoms with E-state index in [2.05, 4.69) is 4.98 Å². The number of rotatable bonds is 4. The Morgan fingerprint density at radius 2 is 1.89 bits per heavy atom. The normalized spacial score (nSPS) is 20.4. The van der Waals surface area contributed by atoms with E-state index in [0.29, 0.717) is 12.1 Å². The molecule has 154 valence electrons.